The Balaban J connectivity index is 1.53. The van der Waals surface area contributed by atoms with Crippen LogP contribution in [-0.4, -0.2) is 37.8 Å². The maximum absolute atomic E-state index is 12.5. The zero-order chi connectivity index (χ0) is 19.9. The molecule has 9 heteroatoms. The second-order valence-corrected chi connectivity index (χ2v) is 8.52. The number of aromatic nitrogens is 2. The largest absolute Gasteiger partial charge is 0.300 e. The molecule has 1 fully saturated rings. The second kappa shape index (κ2) is 9.72. The zero-order valence-electron chi connectivity index (χ0n) is 15.1. The second-order valence-electron chi connectivity index (χ2n) is 5.78. The summed E-state index contributed by atoms with van der Waals surface area (Å²) in [5.41, 5.74) is 1.05. The lowest BCUT2D eigenvalue weighted by Crippen LogP contribution is -2.31. The molecule has 0 saturated carbocycles. The molecule has 2 amide bonds. The number of carbonyl (C=O) groups is 2. The Morgan fingerprint density at radius 2 is 2.07 bits per heavy atom. The van der Waals surface area contributed by atoms with Gasteiger partial charge in [-0.25, -0.2) is 0 Å². The van der Waals surface area contributed by atoms with Crippen LogP contribution in [0.1, 0.15) is 23.9 Å². The Hall–Kier alpha value is -2.36. The summed E-state index contributed by atoms with van der Waals surface area (Å²) in [6.07, 6.45) is 6.41. The fourth-order valence-electron chi connectivity index (χ4n) is 2.36. The third kappa shape index (κ3) is 5.34. The molecule has 0 spiro atoms. The molecular weight excluding hydrogens is 412 g/mol. The lowest BCUT2D eigenvalue weighted by atomic mass is 10.2. The summed E-state index contributed by atoms with van der Waals surface area (Å²) in [5.74, 6) is -0.398. The molecule has 1 aromatic heterocycles. The van der Waals surface area contributed by atoms with E-state index in [1.807, 2.05) is 49.4 Å². The first-order valence-electron chi connectivity index (χ1n) is 8.66. The number of anilines is 1. The van der Waals surface area contributed by atoms with Gasteiger partial charge in [0.15, 0.2) is 0 Å². The van der Waals surface area contributed by atoms with Gasteiger partial charge >= 0.3 is 0 Å². The SMILES string of the molecule is CCc1nnc(NC(=O)CCN2C(=O)/C(=C/C=C/c3ccccc3)SC2=S)s1. The van der Waals surface area contributed by atoms with Gasteiger partial charge in [-0.15, -0.1) is 10.2 Å². The number of thioether (sulfide) groups is 1. The maximum Gasteiger partial charge on any atom is 0.266 e. The van der Waals surface area contributed by atoms with Crippen LogP contribution in [0, 0.1) is 0 Å². The molecule has 144 valence electrons. The number of benzene rings is 1. The van der Waals surface area contributed by atoms with Crippen molar-refractivity contribution < 1.29 is 9.59 Å². The van der Waals surface area contributed by atoms with Crippen LogP contribution in [0.25, 0.3) is 6.08 Å². The number of aryl methyl sites for hydroxylation is 1. The Morgan fingerprint density at radius 1 is 1.29 bits per heavy atom. The fourth-order valence-corrected chi connectivity index (χ4v) is 4.32. The zero-order valence-corrected chi connectivity index (χ0v) is 17.6. The maximum atomic E-state index is 12.5. The molecule has 1 N–H and O–H groups in total. The van der Waals surface area contributed by atoms with Crippen LogP contribution in [0.4, 0.5) is 5.13 Å². The van der Waals surface area contributed by atoms with Gasteiger partial charge in [0.25, 0.3) is 5.91 Å². The monoisotopic (exact) mass is 430 g/mol. The van der Waals surface area contributed by atoms with Gasteiger partial charge < -0.3 is 5.32 Å². The Morgan fingerprint density at radius 3 is 2.79 bits per heavy atom. The number of hydrogen-bond acceptors (Lipinski definition) is 7. The third-order valence-electron chi connectivity index (χ3n) is 3.79. The Bertz CT molecular complexity index is 938. The van der Waals surface area contributed by atoms with Crippen LogP contribution >= 0.6 is 35.3 Å². The highest BCUT2D eigenvalue weighted by molar-refractivity contribution is 8.26. The van der Waals surface area contributed by atoms with Gasteiger partial charge in [0, 0.05) is 13.0 Å². The minimum atomic E-state index is -0.221. The van der Waals surface area contributed by atoms with Crippen molar-refractivity contribution in [3.63, 3.8) is 0 Å². The summed E-state index contributed by atoms with van der Waals surface area (Å²) >= 11 is 7.88. The standard InChI is InChI=1S/C19H18N4O2S3/c1-2-16-21-22-18(28-16)20-15(24)11-12-23-17(25)14(27-19(23)26)10-6-9-13-7-4-3-5-8-13/h3-10H,2,11-12H2,1H3,(H,20,22,24)/b9-6+,14-10-. The average Bonchev–Trinajstić information content (AvgIpc) is 3.25. The third-order valence-corrected chi connectivity index (χ3v) is 6.17. The van der Waals surface area contributed by atoms with Gasteiger partial charge in [-0.2, -0.15) is 0 Å². The number of nitrogens with one attached hydrogen (secondary N) is 1. The van der Waals surface area contributed by atoms with E-state index in [0.29, 0.717) is 14.4 Å². The van der Waals surface area contributed by atoms with Crippen LogP contribution in [0.2, 0.25) is 0 Å². The number of rotatable bonds is 7. The number of hydrogen-bond donors (Lipinski definition) is 1. The molecule has 3 rings (SSSR count). The molecule has 28 heavy (non-hydrogen) atoms. The fraction of sp³-hybridized carbons (Fsp3) is 0.211. The molecule has 1 aromatic carbocycles. The predicted octanol–water partition coefficient (Wildman–Crippen LogP) is 3.89. The van der Waals surface area contributed by atoms with Gasteiger partial charge in [-0.3, -0.25) is 14.5 Å². The van der Waals surface area contributed by atoms with E-state index in [4.69, 9.17) is 12.2 Å². The highest BCUT2D eigenvalue weighted by Crippen LogP contribution is 2.31. The van der Waals surface area contributed by atoms with Crippen molar-refractivity contribution in [2.45, 2.75) is 19.8 Å². The van der Waals surface area contributed by atoms with Crippen LogP contribution < -0.4 is 5.32 Å². The van der Waals surface area contributed by atoms with E-state index in [1.165, 1.54) is 28.0 Å². The molecule has 2 aromatic rings. The van der Waals surface area contributed by atoms with Crippen molar-refractivity contribution in [3.05, 3.63) is 58.0 Å². The number of carbonyl (C=O) groups excluding carboxylic acids is 2. The quantitative estimate of drug-likeness (QED) is 0.531. The van der Waals surface area contributed by atoms with Crippen LogP contribution in [0.15, 0.2) is 47.4 Å². The molecule has 1 aliphatic rings. The van der Waals surface area contributed by atoms with Crippen molar-refractivity contribution in [1.29, 1.82) is 0 Å². The summed E-state index contributed by atoms with van der Waals surface area (Å²) in [6, 6.07) is 9.82. The van der Waals surface area contributed by atoms with Crippen LogP contribution in [-0.2, 0) is 16.0 Å². The van der Waals surface area contributed by atoms with E-state index in [9.17, 15) is 9.59 Å². The molecule has 0 atom stereocenters. The molecule has 0 bridgehead atoms. The highest BCUT2D eigenvalue weighted by atomic mass is 32.2. The van der Waals surface area contributed by atoms with Gasteiger partial charge in [0.05, 0.1) is 4.91 Å². The number of amides is 2. The minimum Gasteiger partial charge on any atom is -0.300 e. The molecule has 1 saturated heterocycles. The van der Waals surface area contributed by atoms with E-state index in [-0.39, 0.29) is 24.8 Å². The number of thiocarbonyl (C=S) groups is 1. The first kappa shape index (κ1) is 20.4. The van der Waals surface area contributed by atoms with Gasteiger partial charge in [0.2, 0.25) is 11.0 Å². The first-order chi connectivity index (χ1) is 13.6. The summed E-state index contributed by atoms with van der Waals surface area (Å²) < 4.78 is 0.460. The average molecular weight is 431 g/mol. The van der Waals surface area contributed by atoms with Crippen LogP contribution in [0.3, 0.4) is 0 Å². The van der Waals surface area contributed by atoms with E-state index < -0.39 is 0 Å². The van der Waals surface area contributed by atoms with Gasteiger partial charge in [-0.05, 0) is 18.1 Å². The normalized spacial score (nSPS) is 15.8. The van der Waals surface area contributed by atoms with Crippen molar-refractivity contribution in [1.82, 2.24) is 15.1 Å². The van der Waals surface area contributed by atoms with Gasteiger partial charge in [0.1, 0.15) is 9.33 Å². The van der Waals surface area contributed by atoms with Crippen molar-refractivity contribution >= 4 is 62.7 Å². The topological polar surface area (TPSA) is 75.2 Å². The summed E-state index contributed by atoms with van der Waals surface area (Å²) in [4.78, 5) is 26.6. The highest BCUT2D eigenvalue weighted by Gasteiger charge is 2.31. The smallest absolute Gasteiger partial charge is 0.266 e. The van der Waals surface area contributed by atoms with E-state index >= 15 is 0 Å². The van der Waals surface area contributed by atoms with Crippen LogP contribution in [0.5, 0.6) is 0 Å². The molecular formula is C19H18N4O2S3. The molecule has 0 unspecified atom stereocenters. The summed E-state index contributed by atoms with van der Waals surface area (Å²) in [7, 11) is 0. The Kier molecular flexibility index (Phi) is 7.07. The molecule has 0 radical (unpaired) electrons. The lowest BCUT2D eigenvalue weighted by Gasteiger charge is -2.13. The molecule has 1 aliphatic heterocycles. The molecule has 6 nitrogen and oxygen atoms in total. The molecule has 0 aliphatic carbocycles. The van der Waals surface area contributed by atoms with Gasteiger partial charge in [-0.1, -0.05) is 84.7 Å². The van der Waals surface area contributed by atoms with E-state index in [2.05, 4.69) is 15.5 Å². The molecule has 2 heterocycles. The summed E-state index contributed by atoms with van der Waals surface area (Å²) in [5, 5.41) is 11.9. The summed E-state index contributed by atoms with van der Waals surface area (Å²) in [6.45, 7) is 2.21. The predicted molar refractivity (Wildman–Crippen MR) is 118 cm³/mol. The van der Waals surface area contributed by atoms with Crippen molar-refractivity contribution in [2.24, 2.45) is 0 Å². The first-order valence-corrected chi connectivity index (χ1v) is 10.7. The van der Waals surface area contributed by atoms with Crippen molar-refractivity contribution in [2.75, 3.05) is 11.9 Å². The number of nitrogens with zero attached hydrogens (tertiary/aromatic N) is 3. The lowest BCUT2D eigenvalue weighted by molar-refractivity contribution is -0.122. The number of allylic oxidation sites excluding steroid dienone is 2. The van der Waals surface area contributed by atoms with E-state index in [1.54, 1.807) is 6.08 Å². The Labute approximate surface area is 176 Å². The minimum absolute atomic E-state index is 0.139. The van der Waals surface area contributed by atoms with E-state index in [0.717, 1.165) is 17.0 Å². The van der Waals surface area contributed by atoms with Crippen molar-refractivity contribution in [3.8, 4) is 0 Å².